The molecule has 3 aromatic heterocycles. The summed E-state index contributed by atoms with van der Waals surface area (Å²) in [6.45, 7) is 0. The number of aromatic nitrogens is 2. The van der Waals surface area contributed by atoms with Crippen LogP contribution in [0.1, 0.15) is 0 Å². The van der Waals surface area contributed by atoms with Gasteiger partial charge in [0.1, 0.15) is 11.1 Å². The molecule has 11 aromatic rings. The fraction of sp³-hybridized carbons (Fsp3) is 0. The monoisotopic (exact) mass is 667 g/mol. The molecular weight excluding hydrogens is 639 g/mol. The van der Waals surface area contributed by atoms with Gasteiger partial charge in [0.15, 0.2) is 11.2 Å². The Balaban J connectivity index is 1.24. The van der Waals surface area contributed by atoms with Gasteiger partial charge in [0.25, 0.3) is 0 Å². The van der Waals surface area contributed by atoms with Crippen molar-refractivity contribution in [3.05, 3.63) is 176 Å². The molecule has 11 rings (SSSR count). The van der Waals surface area contributed by atoms with Gasteiger partial charge >= 0.3 is 0 Å². The number of para-hydroxylation sites is 4. The van der Waals surface area contributed by atoms with Gasteiger partial charge in [0.2, 0.25) is 5.89 Å². The van der Waals surface area contributed by atoms with Crippen LogP contribution in [-0.2, 0) is 0 Å². The number of hydrogen-bond acceptors (Lipinski definition) is 4. The van der Waals surface area contributed by atoms with Crippen LogP contribution >= 0.6 is 0 Å². The minimum Gasteiger partial charge on any atom is -0.454 e. The molecule has 244 valence electrons. The summed E-state index contributed by atoms with van der Waals surface area (Å²) in [6.07, 6.45) is 0. The smallest absolute Gasteiger partial charge is 0.227 e. The molecule has 5 nitrogen and oxygen atoms in total. The molecule has 0 atom stereocenters. The fourth-order valence-corrected chi connectivity index (χ4v) is 7.88. The average Bonchev–Trinajstić information content (AvgIpc) is 3.91. The first-order valence-corrected chi connectivity index (χ1v) is 17.5. The highest BCUT2D eigenvalue weighted by molar-refractivity contribution is 6.19. The number of fused-ring (bicyclic) bond motifs is 9. The van der Waals surface area contributed by atoms with Crippen LogP contribution in [0.5, 0.6) is 0 Å². The SMILES string of the molecule is c1ccc(-c2nc3cccc(N(c4ccc5c6ccc7ccccc7c6n(-c6ccccc6)c5c4)c4cccc5c4oc4ccccc45)c3o2)cc1. The molecule has 5 heteroatoms. The zero-order chi connectivity index (χ0) is 34.2. The second-order valence-corrected chi connectivity index (χ2v) is 13.2. The van der Waals surface area contributed by atoms with Crippen LogP contribution in [0.15, 0.2) is 185 Å². The lowest BCUT2D eigenvalue weighted by molar-refractivity contribution is 0.620. The van der Waals surface area contributed by atoms with E-state index in [2.05, 4.69) is 131 Å². The third-order valence-corrected chi connectivity index (χ3v) is 10.2. The van der Waals surface area contributed by atoms with E-state index < -0.39 is 0 Å². The van der Waals surface area contributed by atoms with Gasteiger partial charge < -0.3 is 18.3 Å². The third-order valence-electron chi connectivity index (χ3n) is 10.2. The summed E-state index contributed by atoms with van der Waals surface area (Å²) in [6, 6.07) is 61.3. The molecule has 3 heterocycles. The standard InChI is InChI=1S/C47H29N3O2/c1-3-14-31(15-4-1)47-48-39-21-12-23-41(46(39)52-47)49(40-22-11-20-38-36-19-9-10-24-43(36)51-45(38)40)33-26-28-35-37-27-25-30-13-7-8-18-34(30)44(37)50(42(35)29-33)32-16-5-2-6-17-32/h1-29H. The maximum Gasteiger partial charge on any atom is 0.227 e. The van der Waals surface area contributed by atoms with E-state index in [1.807, 2.05) is 54.6 Å². The summed E-state index contributed by atoms with van der Waals surface area (Å²) in [5.74, 6) is 0.580. The molecule has 0 saturated carbocycles. The Kier molecular flexibility index (Phi) is 6.18. The Labute approximate surface area is 298 Å². The Bertz CT molecular complexity index is 3140. The van der Waals surface area contributed by atoms with Crippen LogP contribution in [0, 0.1) is 0 Å². The number of furan rings is 1. The van der Waals surface area contributed by atoms with Gasteiger partial charge in [0.05, 0.1) is 22.4 Å². The van der Waals surface area contributed by atoms with Crippen molar-refractivity contribution in [1.82, 2.24) is 9.55 Å². The molecule has 0 aliphatic carbocycles. The third kappa shape index (κ3) is 4.26. The molecule has 0 radical (unpaired) electrons. The molecule has 0 aliphatic heterocycles. The minimum atomic E-state index is 0.580. The zero-order valence-corrected chi connectivity index (χ0v) is 27.9. The molecule has 0 fully saturated rings. The molecule has 0 aliphatic rings. The summed E-state index contributed by atoms with van der Waals surface area (Å²) in [7, 11) is 0. The van der Waals surface area contributed by atoms with E-state index in [0.717, 1.165) is 61.3 Å². The van der Waals surface area contributed by atoms with Gasteiger partial charge in [-0.1, -0.05) is 115 Å². The van der Waals surface area contributed by atoms with Gasteiger partial charge in [-0.05, 0) is 66.0 Å². The van der Waals surface area contributed by atoms with E-state index in [0.29, 0.717) is 11.5 Å². The van der Waals surface area contributed by atoms with Crippen molar-refractivity contribution in [1.29, 1.82) is 0 Å². The van der Waals surface area contributed by atoms with E-state index in [1.54, 1.807) is 0 Å². The molecule has 0 spiro atoms. The first kappa shape index (κ1) is 28.7. The van der Waals surface area contributed by atoms with Crippen molar-refractivity contribution in [2.45, 2.75) is 0 Å². The number of benzene rings is 8. The molecule has 8 aromatic carbocycles. The second kappa shape index (κ2) is 11.2. The number of nitrogens with zero attached hydrogens (tertiary/aromatic N) is 3. The average molecular weight is 668 g/mol. The van der Waals surface area contributed by atoms with Crippen LogP contribution < -0.4 is 4.90 Å². The normalized spacial score (nSPS) is 11.8. The maximum atomic E-state index is 6.68. The van der Waals surface area contributed by atoms with Crippen LogP contribution in [0.3, 0.4) is 0 Å². The largest absolute Gasteiger partial charge is 0.454 e. The number of rotatable bonds is 5. The summed E-state index contributed by atoms with van der Waals surface area (Å²) in [5, 5.41) is 6.94. The van der Waals surface area contributed by atoms with E-state index in [-0.39, 0.29) is 0 Å². The van der Waals surface area contributed by atoms with Gasteiger partial charge in [0, 0.05) is 43.9 Å². The van der Waals surface area contributed by atoms with Crippen LogP contribution in [0.2, 0.25) is 0 Å². The second-order valence-electron chi connectivity index (χ2n) is 13.2. The summed E-state index contributed by atoms with van der Waals surface area (Å²) in [5.41, 5.74) is 10.2. The van der Waals surface area contributed by atoms with Crippen molar-refractivity contribution in [3.8, 4) is 17.1 Å². The van der Waals surface area contributed by atoms with Gasteiger partial charge in [-0.25, -0.2) is 4.98 Å². The van der Waals surface area contributed by atoms with Crippen molar-refractivity contribution in [2.24, 2.45) is 0 Å². The highest BCUT2D eigenvalue weighted by Crippen LogP contribution is 2.46. The van der Waals surface area contributed by atoms with E-state index in [9.17, 15) is 0 Å². The Hall–Kier alpha value is -7.11. The maximum absolute atomic E-state index is 6.68. The lowest BCUT2D eigenvalue weighted by Crippen LogP contribution is -2.10. The van der Waals surface area contributed by atoms with Crippen molar-refractivity contribution >= 4 is 82.7 Å². The number of anilines is 3. The molecule has 0 amide bonds. The number of oxazole rings is 1. The predicted molar refractivity (Wildman–Crippen MR) is 213 cm³/mol. The minimum absolute atomic E-state index is 0.580. The first-order chi connectivity index (χ1) is 25.8. The molecular formula is C47H29N3O2. The summed E-state index contributed by atoms with van der Waals surface area (Å²) in [4.78, 5) is 7.21. The fourth-order valence-electron chi connectivity index (χ4n) is 7.88. The van der Waals surface area contributed by atoms with Crippen LogP contribution in [0.25, 0.3) is 82.8 Å². The van der Waals surface area contributed by atoms with Crippen LogP contribution in [0.4, 0.5) is 17.1 Å². The van der Waals surface area contributed by atoms with E-state index in [4.69, 9.17) is 13.8 Å². The van der Waals surface area contributed by atoms with E-state index in [1.165, 1.54) is 27.1 Å². The van der Waals surface area contributed by atoms with Crippen molar-refractivity contribution in [2.75, 3.05) is 4.90 Å². The Morgan fingerprint density at radius 2 is 1.17 bits per heavy atom. The topological polar surface area (TPSA) is 47.3 Å². The molecule has 0 bridgehead atoms. The van der Waals surface area contributed by atoms with Crippen LogP contribution in [-0.4, -0.2) is 9.55 Å². The van der Waals surface area contributed by atoms with Gasteiger partial charge in [-0.3, -0.25) is 0 Å². The van der Waals surface area contributed by atoms with Gasteiger partial charge in [-0.2, -0.15) is 0 Å². The highest BCUT2D eigenvalue weighted by Gasteiger charge is 2.25. The zero-order valence-electron chi connectivity index (χ0n) is 27.9. The molecule has 0 N–H and O–H groups in total. The molecule has 0 unspecified atom stereocenters. The quantitative estimate of drug-likeness (QED) is 0.183. The van der Waals surface area contributed by atoms with Crippen molar-refractivity contribution < 1.29 is 8.83 Å². The number of hydrogen-bond donors (Lipinski definition) is 0. The van der Waals surface area contributed by atoms with Gasteiger partial charge in [-0.15, -0.1) is 0 Å². The first-order valence-electron chi connectivity index (χ1n) is 17.5. The highest BCUT2D eigenvalue weighted by atomic mass is 16.4. The molecule has 52 heavy (non-hydrogen) atoms. The lowest BCUT2D eigenvalue weighted by atomic mass is 10.1. The lowest BCUT2D eigenvalue weighted by Gasteiger charge is -2.25. The predicted octanol–water partition coefficient (Wildman–Crippen LogP) is 13.1. The Morgan fingerprint density at radius 1 is 0.481 bits per heavy atom. The Morgan fingerprint density at radius 3 is 2.04 bits per heavy atom. The van der Waals surface area contributed by atoms with E-state index >= 15 is 0 Å². The molecule has 0 saturated heterocycles. The summed E-state index contributed by atoms with van der Waals surface area (Å²) >= 11 is 0. The summed E-state index contributed by atoms with van der Waals surface area (Å²) < 4.78 is 15.7. The van der Waals surface area contributed by atoms with Crippen molar-refractivity contribution in [3.63, 3.8) is 0 Å².